The van der Waals surface area contributed by atoms with Crippen LogP contribution in [0.25, 0.3) is 0 Å². The summed E-state index contributed by atoms with van der Waals surface area (Å²) < 4.78 is 63.4. The number of nitrogens with zero attached hydrogens (tertiary/aromatic N) is 1. The van der Waals surface area contributed by atoms with E-state index in [4.69, 9.17) is 0 Å². The van der Waals surface area contributed by atoms with E-state index in [1.165, 1.54) is 4.31 Å². The summed E-state index contributed by atoms with van der Waals surface area (Å²) in [6.07, 6.45) is -3.72. The van der Waals surface area contributed by atoms with E-state index in [2.05, 4.69) is 10.0 Å². The molecule has 0 radical (unpaired) electrons. The van der Waals surface area contributed by atoms with Crippen molar-refractivity contribution in [3.8, 4) is 0 Å². The summed E-state index contributed by atoms with van der Waals surface area (Å²) in [6, 6.07) is 0. The topological polar surface area (TPSA) is 61.4 Å². The SMILES string of the molecule is CNCC1CCCN(S(=O)(=O)NCCCC(F)(F)F)C1. The van der Waals surface area contributed by atoms with Crippen molar-refractivity contribution >= 4 is 10.2 Å². The van der Waals surface area contributed by atoms with Crippen LogP contribution in [0.5, 0.6) is 0 Å². The van der Waals surface area contributed by atoms with E-state index in [-0.39, 0.29) is 18.9 Å². The third-order valence-corrected chi connectivity index (χ3v) is 4.82. The Kier molecular flexibility index (Phi) is 6.70. The van der Waals surface area contributed by atoms with Crippen molar-refractivity contribution in [1.82, 2.24) is 14.3 Å². The molecule has 1 aliphatic rings. The molecule has 0 aromatic heterocycles. The molecule has 5 nitrogen and oxygen atoms in total. The van der Waals surface area contributed by atoms with Gasteiger partial charge in [0.15, 0.2) is 0 Å². The van der Waals surface area contributed by atoms with E-state index in [1.807, 2.05) is 7.05 Å². The number of hydrogen-bond acceptors (Lipinski definition) is 3. The Labute approximate surface area is 118 Å². The molecule has 1 fully saturated rings. The summed E-state index contributed by atoms with van der Waals surface area (Å²) in [7, 11) is -1.86. The van der Waals surface area contributed by atoms with Crippen LogP contribution >= 0.6 is 0 Å². The van der Waals surface area contributed by atoms with Crippen molar-refractivity contribution in [3.63, 3.8) is 0 Å². The van der Waals surface area contributed by atoms with Crippen LogP contribution in [0.4, 0.5) is 13.2 Å². The zero-order valence-corrected chi connectivity index (χ0v) is 12.4. The molecule has 9 heteroatoms. The first-order valence-electron chi connectivity index (χ1n) is 6.70. The molecule has 1 rings (SSSR count). The normalized spacial score (nSPS) is 22.1. The Bertz CT molecular complexity index is 385. The molecule has 120 valence electrons. The molecule has 0 spiro atoms. The third-order valence-electron chi connectivity index (χ3n) is 3.24. The van der Waals surface area contributed by atoms with Crippen molar-refractivity contribution in [1.29, 1.82) is 0 Å². The zero-order chi connectivity index (χ0) is 15.2. The van der Waals surface area contributed by atoms with Crippen molar-refractivity contribution in [2.24, 2.45) is 5.92 Å². The quantitative estimate of drug-likeness (QED) is 0.691. The fourth-order valence-corrected chi connectivity index (χ4v) is 3.64. The Morgan fingerprint density at radius 1 is 1.35 bits per heavy atom. The summed E-state index contributed by atoms with van der Waals surface area (Å²) in [6.45, 7) is 1.39. The minimum absolute atomic E-state index is 0.185. The summed E-state index contributed by atoms with van der Waals surface area (Å²) in [5.41, 5.74) is 0. The van der Waals surface area contributed by atoms with Gasteiger partial charge >= 0.3 is 6.18 Å². The Balaban J connectivity index is 2.39. The molecule has 1 unspecified atom stereocenters. The highest BCUT2D eigenvalue weighted by molar-refractivity contribution is 7.87. The molecule has 0 saturated carbocycles. The molecule has 0 aromatic rings. The summed E-state index contributed by atoms with van der Waals surface area (Å²) in [4.78, 5) is 0. The Morgan fingerprint density at radius 3 is 2.65 bits per heavy atom. The number of hydrogen-bond donors (Lipinski definition) is 2. The van der Waals surface area contributed by atoms with E-state index >= 15 is 0 Å². The molecule has 1 aliphatic heterocycles. The van der Waals surface area contributed by atoms with Crippen LogP contribution < -0.4 is 10.0 Å². The van der Waals surface area contributed by atoms with Gasteiger partial charge in [-0.2, -0.15) is 25.9 Å². The fourth-order valence-electron chi connectivity index (χ4n) is 2.28. The van der Waals surface area contributed by atoms with E-state index in [0.717, 1.165) is 19.4 Å². The van der Waals surface area contributed by atoms with Gasteiger partial charge in [-0.25, -0.2) is 4.72 Å². The minimum atomic E-state index is -4.24. The molecular weight excluding hydrogens is 295 g/mol. The van der Waals surface area contributed by atoms with Gasteiger partial charge in [0.2, 0.25) is 0 Å². The smallest absolute Gasteiger partial charge is 0.319 e. The second-order valence-electron chi connectivity index (χ2n) is 5.04. The fraction of sp³-hybridized carbons (Fsp3) is 1.00. The monoisotopic (exact) mass is 317 g/mol. The van der Waals surface area contributed by atoms with Gasteiger partial charge in [0.05, 0.1) is 0 Å². The zero-order valence-electron chi connectivity index (χ0n) is 11.5. The molecule has 0 amide bonds. The molecule has 1 saturated heterocycles. The maximum atomic E-state index is 12.0. The number of halogens is 3. The predicted molar refractivity (Wildman–Crippen MR) is 70.4 cm³/mol. The lowest BCUT2D eigenvalue weighted by Gasteiger charge is -2.31. The molecule has 1 heterocycles. The molecule has 20 heavy (non-hydrogen) atoms. The van der Waals surface area contributed by atoms with Crippen LogP contribution in [0.3, 0.4) is 0 Å². The maximum absolute atomic E-state index is 12.0. The number of rotatable bonds is 7. The second kappa shape index (κ2) is 7.58. The van der Waals surface area contributed by atoms with Gasteiger partial charge in [-0.1, -0.05) is 0 Å². The third kappa shape index (κ3) is 6.38. The lowest BCUT2D eigenvalue weighted by atomic mass is 10.00. The summed E-state index contributed by atoms with van der Waals surface area (Å²) >= 11 is 0. The molecule has 0 aromatic carbocycles. The highest BCUT2D eigenvalue weighted by Crippen LogP contribution is 2.21. The van der Waals surface area contributed by atoms with Crippen molar-refractivity contribution < 1.29 is 21.6 Å². The highest BCUT2D eigenvalue weighted by atomic mass is 32.2. The lowest BCUT2D eigenvalue weighted by Crippen LogP contribution is -2.47. The van der Waals surface area contributed by atoms with E-state index in [9.17, 15) is 21.6 Å². The average molecular weight is 317 g/mol. The van der Waals surface area contributed by atoms with Gasteiger partial charge in [0.25, 0.3) is 10.2 Å². The van der Waals surface area contributed by atoms with Gasteiger partial charge in [-0.05, 0) is 38.8 Å². The van der Waals surface area contributed by atoms with E-state index in [0.29, 0.717) is 13.1 Å². The Morgan fingerprint density at radius 2 is 2.05 bits per heavy atom. The first kappa shape index (κ1) is 17.7. The molecule has 2 N–H and O–H groups in total. The molecule has 0 bridgehead atoms. The number of alkyl halides is 3. The van der Waals surface area contributed by atoms with Crippen LogP contribution in [-0.2, 0) is 10.2 Å². The highest BCUT2D eigenvalue weighted by Gasteiger charge is 2.29. The minimum Gasteiger partial charge on any atom is -0.319 e. The van der Waals surface area contributed by atoms with E-state index < -0.39 is 22.8 Å². The lowest BCUT2D eigenvalue weighted by molar-refractivity contribution is -0.135. The van der Waals surface area contributed by atoms with Crippen LogP contribution in [0, 0.1) is 5.92 Å². The van der Waals surface area contributed by atoms with Crippen molar-refractivity contribution in [2.45, 2.75) is 31.9 Å². The summed E-state index contributed by atoms with van der Waals surface area (Å²) in [5.74, 6) is 0.250. The van der Waals surface area contributed by atoms with Crippen LogP contribution in [0.2, 0.25) is 0 Å². The average Bonchev–Trinajstić information content (AvgIpc) is 2.34. The van der Waals surface area contributed by atoms with Crippen LogP contribution in [0.1, 0.15) is 25.7 Å². The molecule has 1 atom stereocenters. The van der Waals surface area contributed by atoms with Gasteiger partial charge < -0.3 is 5.32 Å². The molecular formula is C11H22F3N3O2S. The van der Waals surface area contributed by atoms with Crippen molar-refractivity contribution in [2.75, 3.05) is 33.2 Å². The maximum Gasteiger partial charge on any atom is 0.389 e. The summed E-state index contributed by atoms with van der Waals surface area (Å²) in [5, 5.41) is 3.01. The van der Waals surface area contributed by atoms with Gasteiger partial charge in [-0.15, -0.1) is 0 Å². The van der Waals surface area contributed by atoms with Crippen molar-refractivity contribution in [3.05, 3.63) is 0 Å². The van der Waals surface area contributed by atoms with Gasteiger partial charge in [-0.3, -0.25) is 0 Å². The van der Waals surface area contributed by atoms with Crippen LogP contribution in [0.15, 0.2) is 0 Å². The van der Waals surface area contributed by atoms with Gasteiger partial charge in [0.1, 0.15) is 0 Å². The van der Waals surface area contributed by atoms with E-state index in [1.54, 1.807) is 0 Å². The standard InChI is InChI=1S/C11H22F3N3O2S/c1-15-8-10-4-2-7-17(9-10)20(18,19)16-6-3-5-11(12,13)14/h10,15-16H,2-9H2,1H3. The number of piperidine rings is 1. The first-order valence-corrected chi connectivity index (χ1v) is 8.14. The second-order valence-corrected chi connectivity index (χ2v) is 6.80. The number of nitrogens with one attached hydrogen (secondary N) is 2. The Hall–Kier alpha value is -0.380. The first-order chi connectivity index (χ1) is 9.24. The predicted octanol–water partition coefficient (Wildman–Crippen LogP) is 1.09. The van der Waals surface area contributed by atoms with Crippen LogP contribution in [-0.4, -0.2) is 52.1 Å². The molecule has 0 aliphatic carbocycles. The van der Waals surface area contributed by atoms with Gasteiger partial charge in [0, 0.05) is 26.1 Å². The largest absolute Gasteiger partial charge is 0.389 e.